The molecule has 3 nitrogen and oxygen atoms in total. The number of carboxylic acid groups (broad SMARTS) is 1. The van der Waals surface area contributed by atoms with Crippen LogP contribution in [-0.4, -0.2) is 18.2 Å². The van der Waals surface area contributed by atoms with E-state index >= 15 is 0 Å². The minimum absolute atomic E-state index is 0.0424. The van der Waals surface area contributed by atoms with E-state index in [0.29, 0.717) is 5.92 Å². The van der Waals surface area contributed by atoms with E-state index in [1.807, 2.05) is 18.2 Å². The third-order valence-corrected chi connectivity index (χ3v) is 4.63. The Morgan fingerprint density at radius 1 is 1.33 bits per heavy atom. The Labute approximate surface area is 132 Å². The van der Waals surface area contributed by atoms with Crippen molar-refractivity contribution < 1.29 is 14.6 Å². The lowest BCUT2D eigenvalue weighted by Crippen LogP contribution is -2.09. The molecule has 4 heteroatoms. The molecule has 0 aliphatic heterocycles. The molecule has 3 rings (SSSR count). The molecule has 1 saturated carbocycles. The summed E-state index contributed by atoms with van der Waals surface area (Å²) in [6.07, 6.45) is 2.38. The van der Waals surface area contributed by atoms with Gasteiger partial charge in [-0.05, 0) is 59.4 Å². The van der Waals surface area contributed by atoms with Gasteiger partial charge in [-0.1, -0.05) is 22.0 Å². The average molecular weight is 349 g/mol. The zero-order valence-corrected chi connectivity index (χ0v) is 13.4. The molecule has 0 heterocycles. The Balaban J connectivity index is 2.11. The monoisotopic (exact) mass is 348 g/mol. The van der Waals surface area contributed by atoms with Crippen molar-refractivity contribution in [2.75, 3.05) is 7.11 Å². The number of methoxy groups -OCH3 is 1. The van der Waals surface area contributed by atoms with E-state index in [1.165, 1.54) is 0 Å². The van der Waals surface area contributed by atoms with E-state index in [-0.39, 0.29) is 12.3 Å². The van der Waals surface area contributed by atoms with Crippen LogP contribution in [0.15, 0.2) is 34.8 Å². The number of rotatable bonds is 5. The van der Waals surface area contributed by atoms with Gasteiger partial charge < -0.3 is 9.84 Å². The van der Waals surface area contributed by atoms with Crippen LogP contribution in [0.4, 0.5) is 0 Å². The quantitative estimate of drug-likeness (QED) is 0.860. The highest BCUT2D eigenvalue weighted by atomic mass is 79.9. The van der Waals surface area contributed by atoms with Gasteiger partial charge in [0.05, 0.1) is 13.5 Å². The molecule has 1 unspecified atom stereocenters. The molecule has 110 valence electrons. The number of hydrogen-bond donors (Lipinski definition) is 1. The molecular weight excluding hydrogens is 332 g/mol. The van der Waals surface area contributed by atoms with E-state index in [0.717, 1.165) is 39.4 Å². The smallest absolute Gasteiger partial charge is 0.303 e. The minimum Gasteiger partial charge on any atom is -0.496 e. The van der Waals surface area contributed by atoms with E-state index in [2.05, 4.69) is 28.1 Å². The molecule has 1 aliphatic rings. The molecule has 0 amide bonds. The number of halogens is 1. The number of aliphatic carboxylic acids is 1. The van der Waals surface area contributed by atoms with E-state index in [9.17, 15) is 9.90 Å². The molecule has 1 N–H and O–H groups in total. The molecule has 2 aromatic rings. The van der Waals surface area contributed by atoms with Crippen LogP contribution in [0.3, 0.4) is 0 Å². The average Bonchev–Trinajstić information content (AvgIpc) is 3.27. The third kappa shape index (κ3) is 3.05. The summed E-state index contributed by atoms with van der Waals surface area (Å²) in [4.78, 5) is 11.2. The van der Waals surface area contributed by atoms with Crippen LogP contribution < -0.4 is 4.74 Å². The van der Waals surface area contributed by atoms with Gasteiger partial charge >= 0.3 is 5.97 Å². The van der Waals surface area contributed by atoms with Crippen LogP contribution in [-0.2, 0) is 4.79 Å². The number of carbonyl (C=O) groups is 1. The largest absolute Gasteiger partial charge is 0.496 e. The lowest BCUT2D eigenvalue weighted by atomic mass is 9.88. The summed E-state index contributed by atoms with van der Waals surface area (Å²) in [5.74, 6) is 0.562. The van der Waals surface area contributed by atoms with Gasteiger partial charge in [-0.15, -0.1) is 0 Å². The first-order chi connectivity index (χ1) is 10.1. The maximum absolute atomic E-state index is 11.2. The summed E-state index contributed by atoms with van der Waals surface area (Å²) in [6.45, 7) is 0. The maximum atomic E-state index is 11.2. The number of hydrogen-bond acceptors (Lipinski definition) is 2. The lowest BCUT2D eigenvalue weighted by Gasteiger charge is -2.19. The van der Waals surface area contributed by atoms with Crippen molar-refractivity contribution >= 4 is 32.7 Å². The van der Waals surface area contributed by atoms with Gasteiger partial charge in [0.2, 0.25) is 0 Å². The second-order valence-corrected chi connectivity index (χ2v) is 6.54. The second-order valence-electron chi connectivity index (χ2n) is 5.63. The summed E-state index contributed by atoms with van der Waals surface area (Å²) in [5.41, 5.74) is 1.02. The first-order valence-electron chi connectivity index (χ1n) is 7.07. The van der Waals surface area contributed by atoms with Crippen molar-refractivity contribution in [2.45, 2.75) is 25.2 Å². The molecule has 0 aromatic heterocycles. The van der Waals surface area contributed by atoms with Crippen molar-refractivity contribution in [3.8, 4) is 5.75 Å². The molecule has 21 heavy (non-hydrogen) atoms. The third-order valence-electron chi connectivity index (χ3n) is 4.14. The topological polar surface area (TPSA) is 46.5 Å². The van der Waals surface area contributed by atoms with Gasteiger partial charge in [0.1, 0.15) is 5.75 Å². The van der Waals surface area contributed by atoms with Crippen molar-refractivity contribution in [1.29, 1.82) is 0 Å². The Morgan fingerprint density at radius 3 is 2.71 bits per heavy atom. The van der Waals surface area contributed by atoms with Crippen LogP contribution >= 0.6 is 15.9 Å². The van der Waals surface area contributed by atoms with Crippen LogP contribution in [0.2, 0.25) is 0 Å². The summed E-state index contributed by atoms with van der Waals surface area (Å²) >= 11 is 3.49. The lowest BCUT2D eigenvalue weighted by molar-refractivity contribution is -0.137. The standard InChI is InChI=1S/C17H17BrO3/c1-21-16-8-11-4-5-13(18)6-12(11)7-15(16)14(9-17(19)20)10-2-3-10/h4-8,10,14H,2-3,9H2,1H3,(H,19,20). The Bertz CT molecular complexity index is 692. The molecule has 1 atom stereocenters. The van der Waals surface area contributed by atoms with Crippen LogP contribution in [0.1, 0.15) is 30.7 Å². The van der Waals surface area contributed by atoms with Gasteiger partial charge in [-0.2, -0.15) is 0 Å². The number of benzene rings is 2. The van der Waals surface area contributed by atoms with E-state index in [4.69, 9.17) is 4.74 Å². The Kier molecular flexibility index (Phi) is 3.89. The SMILES string of the molecule is COc1cc2ccc(Br)cc2cc1C(CC(=O)O)C1CC1. The van der Waals surface area contributed by atoms with Crippen molar-refractivity contribution in [3.63, 3.8) is 0 Å². The zero-order chi connectivity index (χ0) is 15.0. The first kappa shape index (κ1) is 14.4. The van der Waals surface area contributed by atoms with Crippen LogP contribution in [0.5, 0.6) is 5.75 Å². The highest BCUT2D eigenvalue weighted by Crippen LogP contribution is 2.47. The molecule has 0 bridgehead atoms. The van der Waals surface area contributed by atoms with Crippen LogP contribution in [0.25, 0.3) is 10.8 Å². The molecule has 0 radical (unpaired) electrons. The van der Waals surface area contributed by atoms with E-state index in [1.54, 1.807) is 7.11 Å². The number of fused-ring (bicyclic) bond motifs is 1. The first-order valence-corrected chi connectivity index (χ1v) is 7.87. The normalized spacial score (nSPS) is 15.9. The van der Waals surface area contributed by atoms with Crippen molar-refractivity contribution in [1.82, 2.24) is 0 Å². The summed E-state index contributed by atoms with van der Waals surface area (Å²) < 4.78 is 6.54. The fourth-order valence-electron chi connectivity index (χ4n) is 2.95. The van der Waals surface area contributed by atoms with E-state index < -0.39 is 5.97 Å². The van der Waals surface area contributed by atoms with Crippen molar-refractivity contribution in [3.05, 3.63) is 40.4 Å². The number of ether oxygens (including phenoxy) is 1. The molecule has 0 saturated heterocycles. The van der Waals surface area contributed by atoms with Gasteiger partial charge in [-0.3, -0.25) is 4.79 Å². The van der Waals surface area contributed by atoms with Crippen molar-refractivity contribution in [2.24, 2.45) is 5.92 Å². The van der Waals surface area contributed by atoms with Gasteiger partial charge in [-0.25, -0.2) is 0 Å². The Hall–Kier alpha value is -1.55. The highest BCUT2D eigenvalue weighted by molar-refractivity contribution is 9.10. The summed E-state index contributed by atoms with van der Waals surface area (Å²) in [7, 11) is 1.65. The molecular formula is C17H17BrO3. The fraction of sp³-hybridized carbons (Fsp3) is 0.353. The van der Waals surface area contributed by atoms with Crippen LogP contribution in [0, 0.1) is 5.92 Å². The Morgan fingerprint density at radius 2 is 2.10 bits per heavy atom. The fourth-order valence-corrected chi connectivity index (χ4v) is 3.33. The predicted molar refractivity (Wildman–Crippen MR) is 85.9 cm³/mol. The van der Waals surface area contributed by atoms with Gasteiger partial charge in [0.25, 0.3) is 0 Å². The van der Waals surface area contributed by atoms with Gasteiger partial charge in [0.15, 0.2) is 0 Å². The molecule has 1 aliphatic carbocycles. The molecule has 2 aromatic carbocycles. The second kappa shape index (κ2) is 5.68. The maximum Gasteiger partial charge on any atom is 0.303 e. The zero-order valence-electron chi connectivity index (χ0n) is 11.8. The number of carboxylic acids is 1. The van der Waals surface area contributed by atoms with Gasteiger partial charge in [0, 0.05) is 10.4 Å². The summed E-state index contributed by atoms with van der Waals surface area (Å²) in [6, 6.07) is 10.2. The minimum atomic E-state index is -0.747. The molecule has 1 fully saturated rings. The molecule has 0 spiro atoms. The highest BCUT2D eigenvalue weighted by Gasteiger charge is 2.35. The predicted octanol–water partition coefficient (Wildman–Crippen LogP) is 4.58. The summed E-state index contributed by atoms with van der Waals surface area (Å²) in [5, 5.41) is 11.4.